The smallest absolute Gasteiger partial charge is 0.316 e. The standard InChI is InChI=1S/C21H13BrClNO3/c1-12-5-6-13(10-17(12)23)18-8-7-16(26-18)11-19-20(25)24-21(27-19)14-3-2-4-15(22)9-14/h2-11H,1H3/b19-11-. The molecule has 1 aliphatic heterocycles. The van der Waals surface area contributed by atoms with E-state index in [-0.39, 0.29) is 11.7 Å². The van der Waals surface area contributed by atoms with E-state index in [0.717, 1.165) is 21.2 Å². The number of carbonyl (C=O) groups excluding carboxylic acids is 1. The molecule has 27 heavy (non-hydrogen) atoms. The average Bonchev–Trinajstić information content (AvgIpc) is 3.25. The van der Waals surface area contributed by atoms with Gasteiger partial charge in [-0.05, 0) is 48.9 Å². The molecule has 4 nitrogen and oxygen atoms in total. The topological polar surface area (TPSA) is 51.8 Å². The third-order valence-electron chi connectivity index (χ3n) is 4.05. The second-order valence-corrected chi connectivity index (χ2v) is 7.33. The zero-order valence-electron chi connectivity index (χ0n) is 14.2. The van der Waals surface area contributed by atoms with E-state index >= 15 is 0 Å². The lowest BCUT2D eigenvalue weighted by Gasteiger charge is -2.02. The minimum atomic E-state index is -0.443. The summed E-state index contributed by atoms with van der Waals surface area (Å²) in [5, 5.41) is 0.671. The number of aryl methyl sites for hydroxylation is 1. The maximum absolute atomic E-state index is 12.2. The second kappa shape index (κ2) is 7.18. The van der Waals surface area contributed by atoms with Crippen molar-refractivity contribution in [3.8, 4) is 11.3 Å². The monoisotopic (exact) mass is 441 g/mol. The highest BCUT2D eigenvalue weighted by Gasteiger charge is 2.24. The van der Waals surface area contributed by atoms with Crippen LogP contribution in [-0.4, -0.2) is 11.8 Å². The number of ether oxygens (including phenoxy) is 1. The van der Waals surface area contributed by atoms with Gasteiger partial charge in [0.2, 0.25) is 5.90 Å². The van der Waals surface area contributed by atoms with Gasteiger partial charge in [0.15, 0.2) is 5.76 Å². The summed E-state index contributed by atoms with van der Waals surface area (Å²) >= 11 is 9.57. The zero-order valence-corrected chi connectivity index (χ0v) is 16.5. The van der Waals surface area contributed by atoms with Crippen LogP contribution in [-0.2, 0) is 9.53 Å². The van der Waals surface area contributed by atoms with E-state index in [9.17, 15) is 4.79 Å². The number of carbonyl (C=O) groups is 1. The van der Waals surface area contributed by atoms with Crippen molar-refractivity contribution >= 4 is 45.4 Å². The van der Waals surface area contributed by atoms with Crippen molar-refractivity contribution in [2.45, 2.75) is 6.92 Å². The van der Waals surface area contributed by atoms with Gasteiger partial charge in [0.1, 0.15) is 11.5 Å². The van der Waals surface area contributed by atoms with Gasteiger partial charge in [-0.1, -0.05) is 45.7 Å². The Morgan fingerprint density at radius 1 is 1.07 bits per heavy atom. The maximum Gasteiger partial charge on any atom is 0.316 e. The van der Waals surface area contributed by atoms with Gasteiger partial charge in [-0.3, -0.25) is 4.79 Å². The molecule has 0 spiro atoms. The summed E-state index contributed by atoms with van der Waals surface area (Å²) in [6.07, 6.45) is 1.54. The van der Waals surface area contributed by atoms with Gasteiger partial charge in [-0.2, -0.15) is 4.99 Å². The number of hydrogen-bond acceptors (Lipinski definition) is 3. The van der Waals surface area contributed by atoms with Gasteiger partial charge < -0.3 is 9.15 Å². The molecule has 0 unspecified atom stereocenters. The van der Waals surface area contributed by atoms with Gasteiger partial charge in [0.25, 0.3) is 0 Å². The number of hydrogen-bond donors (Lipinski definition) is 0. The Morgan fingerprint density at radius 3 is 2.70 bits per heavy atom. The highest BCUT2D eigenvalue weighted by Crippen LogP contribution is 2.28. The largest absolute Gasteiger partial charge is 0.457 e. The van der Waals surface area contributed by atoms with Crippen LogP contribution in [0.5, 0.6) is 0 Å². The number of benzene rings is 2. The SMILES string of the molecule is Cc1ccc(-c2ccc(/C=C3\OC(c4cccc(Br)c4)=NC3=O)o2)cc1Cl. The molecule has 2 aromatic carbocycles. The lowest BCUT2D eigenvalue weighted by Crippen LogP contribution is -2.00. The van der Waals surface area contributed by atoms with Crippen LogP contribution < -0.4 is 0 Å². The van der Waals surface area contributed by atoms with Gasteiger partial charge in [-0.25, -0.2) is 0 Å². The van der Waals surface area contributed by atoms with Crippen molar-refractivity contribution in [2.24, 2.45) is 4.99 Å². The fourth-order valence-electron chi connectivity index (χ4n) is 2.62. The molecule has 134 valence electrons. The summed E-state index contributed by atoms with van der Waals surface area (Å²) in [7, 11) is 0. The molecule has 0 saturated carbocycles. The Kier molecular flexibility index (Phi) is 4.72. The number of amides is 1. The molecule has 0 saturated heterocycles. The third kappa shape index (κ3) is 3.75. The first kappa shape index (κ1) is 17.8. The highest BCUT2D eigenvalue weighted by molar-refractivity contribution is 9.10. The van der Waals surface area contributed by atoms with Crippen molar-refractivity contribution in [3.05, 3.63) is 86.7 Å². The molecule has 3 aromatic rings. The van der Waals surface area contributed by atoms with E-state index in [4.69, 9.17) is 20.8 Å². The molecule has 1 amide bonds. The van der Waals surface area contributed by atoms with E-state index in [1.807, 2.05) is 55.5 Å². The van der Waals surface area contributed by atoms with E-state index < -0.39 is 5.91 Å². The predicted octanol–water partition coefficient (Wildman–Crippen LogP) is 6.02. The first-order chi connectivity index (χ1) is 13.0. The van der Waals surface area contributed by atoms with E-state index in [1.54, 1.807) is 6.07 Å². The molecule has 0 bridgehead atoms. The fourth-order valence-corrected chi connectivity index (χ4v) is 3.19. The minimum absolute atomic E-state index is 0.118. The van der Waals surface area contributed by atoms with Crippen LogP contribution >= 0.6 is 27.5 Å². The summed E-state index contributed by atoms with van der Waals surface area (Å²) in [5.74, 6) is 1.09. The van der Waals surface area contributed by atoms with Crippen molar-refractivity contribution < 1.29 is 13.9 Å². The first-order valence-electron chi connectivity index (χ1n) is 8.14. The number of nitrogens with zero attached hydrogens (tertiary/aromatic N) is 1. The molecule has 0 N–H and O–H groups in total. The van der Waals surface area contributed by atoms with Gasteiger partial charge >= 0.3 is 5.91 Å². The zero-order chi connectivity index (χ0) is 19.0. The lowest BCUT2D eigenvalue weighted by molar-refractivity contribution is -0.115. The Bertz CT molecular complexity index is 1110. The number of aliphatic imine (C=N–C) groups is 1. The van der Waals surface area contributed by atoms with Gasteiger partial charge in [0.05, 0.1) is 0 Å². The van der Waals surface area contributed by atoms with Crippen LogP contribution in [0, 0.1) is 6.92 Å². The van der Waals surface area contributed by atoms with Crippen LogP contribution in [0.3, 0.4) is 0 Å². The van der Waals surface area contributed by atoms with Crippen molar-refractivity contribution in [2.75, 3.05) is 0 Å². The van der Waals surface area contributed by atoms with Crippen molar-refractivity contribution in [1.82, 2.24) is 0 Å². The quantitative estimate of drug-likeness (QED) is 0.466. The number of furan rings is 1. The summed E-state index contributed by atoms with van der Waals surface area (Å²) < 4.78 is 12.3. The van der Waals surface area contributed by atoms with E-state index in [1.165, 1.54) is 6.08 Å². The number of halogens is 2. The molecule has 6 heteroatoms. The van der Waals surface area contributed by atoms with Crippen molar-refractivity contribution in [1.29, 1.82) is 0 Å². The molecular weight excluding hydrogens is 430 g/mol. The van der Waals surface area contributed by atoms with Gasteiger partial charge in [-0.15, -0.1) is 0 Å². The van der Waals surface area contributed by atoms with Crippen molar-refractivity contribution in [3.63, 3.8) is 0 Å². The number of rotatable bonds is 3. The average molecular weight is 443 g/mol. The minimum Gasteiger partial charge on any atom is -0.457 e. The Balaban J connectivity index is 1.57. The molecule has 4 rings (SSSR count). The third-order valence-corrected chi connectivity index (χ3v) is 4.95. The molecule has 1 aliphatic rings. The molecule has 2 heterocycles. The fraction of sp³-hybridized carbons (Fsp3) is 0.0476. The molecule has 0 aliphatic carbocycles. The van der Waals surface area contributed by atoms with E-state index in [0.29, 0.717) is 16.5 Å². The normalized spacial score (nSPS) is 15.1. The Hall–Kier alpha value is -2.63. The summed E-state index contributed by atoms with van der Waals surface area (Å²) in [6.45, 7) is 1.94. The molecule has 0 radical (unpaired) electrons. The Morgan fingerprint density at radius 2 is 1.93 bits per heavy atom. The summed E-state index contributed by atoms with van der Waals surface area (Å²) in [5.41, 5.74) is 2.58. The van der Waals surface area contributed by atoms with Crippen LogP contribution in [0.1, 0.15) is 16.9 Å². The lowest BCUT2D eigenvalue weighted by atomic mass is 10.1. The molecule has 0 fully saturated rings. The second-order valence-electron chi connectivity index (χ2n) is 6.01. The summed E-state index contributed by atoms with van der Waals surface area (Å²) in [4.78, 5) is 16.1. The van der Waals surface area contributed by atoms with Crippen LogP contribution in [0.4, 0.5) is 0 Å². The Labute approximate surface area is 169 Å². The van der Waals surface area contributed by atoms with E-state index in [2.05, 4.69) is 20.9 Å². The first-order valence-corrected chi connectivity index (χ1v) is 9.31. The highest BCUT2D eigenvalue weighted by atomic mass is 79.9. The van der Waals surface area contributed by atoms with Crippen LogP contribution in [0.25, 0.3) is 17.4 Å². The van der Waals surface area contributed by atoms with Crippen LogP contribution in [0.2, 0.25) is 5.02 Å². The van der Waals surface area contributed by atoms with Crippen LogP contribution in [0.15, 0.2) is 74.2 Å². The summed E-state index contributed by atoms with van der Waals surface area (Å²) in [6, 6.07) is 16.7. The molecule has 0 atom stereocenters. The predicted molar refractivity (Wildman–Crippen MR) is 109 cm³/mol. The molecule has 1 aromatic heterocycles. The van der Waals surface area contributed by atoms with Gasteiger partial charge in [0, 0.05) is 26.7 Å². The maximum atomic E-state index is 12.2. The molecular formula is C21H13BrClNO3.